The number of non-ortho nitro benzene ring substituents is 1. The van der Waals surface area contributed by atoms with E-state index in [1.165, 1.54) is 6.07 Å². The van der Waals surface area contributed by atoms with Crippen LogP contribution in [-0.2, 0) is 7.05 Å². The van der Waals surface area contributed by atoms with Gasteiger partial charge < -0.3 is 9.55 Å². The molecule has 6 heteroatoms. The molecule has 0 aliphatic heterocycles. The number of fused-ring (bicyclic) bond motifs is 5. The number of rotatable bonds is 1. The Morgan fingerprint density at radius 2 is 1.82 bits per heavy atom. The first kappa shape index (κ1) is 12.6. The van der Waals surface area contributed by atoms with E-state index in [0.717, 1.165) is 21.7 Å². The van der Waals surface area contributed by atoms with E-state index >= 15 is 0 Å². The van der Waals surface area contributed by atoms with Crippen LogP contribution in [0.2, 0.25) is 0 Å². The third-order valence-electron chi connectivity index (χ3n) is 4.07. The quantitative estimate of drug-likeness (QED) is 0.432. The maximum absolute atomic E-state index is 12.2. The van der Waals surface area contributed by atoms with Crippen LogP contribution in [0.3, 0.4) is 0 Å². The summed E-state index contributed by atoms with van der Waals surface area (Å²) >= 11 is 0. The summed E-state index contributed by atoms with van der Waals surface area (Å²) < 4.78 is 1.85. The number of nitro groups is 1. The van der Waals surface area contributed by atoms with Crippen LogP contribution in [0.5, 0.6) is 0 Å². The number of benzene rings is 2. The number of aromatic nitrogens is 2. The molecule has 0 amide bonds. The Kier molecular flexibility index (Phi) is 2.39. The second kappa shape index (κ2) is 4.17. The van der Waals surface area contributed by atoms with E-state index in [0.29, 0.717) is 11.0 Å². The molecule has 2 aromatic heterocycles. The molecule has 2 heterocycles. The number of nitrogens with one attached hydrogen (secondary N) is 1. The third-order valence-corrected chi connectivity index (χ3v) is 4.07. The van der Waals surface area contributed by atoms with Gasteiger partial charge in [-0.1, -0.05) is 18.2 Å². The standard InChI is InChI=1S/C16H11N3O3/c1-18-13-7-6-9(19(21)22)8-12(13)14-10-4-2-3-5-11(10)16(20)17-15(14)18/h2-8H,1H3,(H,17,20). The van der Waals surface area contributed by atoms with Crippen molar-refractivity contribution in [2.75, 3.05) is 0 Å². The normalized spacial score (nSPS) is 11.5. The van der Waals surface area contributed by atoms with Gasteiger partial charge in [0.15, 0.2) is 0 Å². The Morgan fingerprint density at radius 3 is 2.55 bits per heavy atom. The van der Waals surface area contributed by atoms with Gasteiger partial charge in [0.05, 0.1) is 10.4 Å². The van der Waals surface area contributed by atoms with Gasteiger partial charge in [-0.15, -0.1) is 0 Å². The number of nitro benzene ring substituents is 1. The number of aromatic amines is 1. The van der Waals surface area contributed by atoms with Crippen molar-refractivity contribution < 1.29 is 4.92 Å². The molecule has 0 unspecified atom stereocenters. The van der Waals surface area contributed by atoms with E-state index in [1.54, 1.807) is 24.3 Å². The molecular weight excluding hydrogens is 282 g/mol. The minimum Gasteiger partial charge on any atom is -0.330 e. The Labute approximate surface area is 123 Å². The molecule has 6 nitrogen and oxygen atoms in total. The fraction of sp³-hybridized carbons (Fsp3) is 0.0625. The number of H-pyrrole nitrogens is 1. The molecule has 0 atom stereocenters. The number of aryl methyl sites for hydroxylation is 1. The fourth-order valence-corrected chi connectivity index (χ4v) is 3.04. The van der Waals surface area contributed by atoms with Crippen molar-refractivity contribution >= 4 is 38.4 Å². The highest BCUT2D eigenvalue weighted by atomic mass is 16.6. The van der Waals surface area contributed by atoms with Crippen LogP contribution in [0, 0.1) is 10.1 Å². The lowest BCUT2D eigenvalue weighted by Gasteiger charge is -2.00. The molecule has 0 saturated carbocycles. The molecule has 108 valence electrons. The summed E-state index contributed by atoms with van der Waals surface area (Å²) in [6.07, 6.45) is 0. The van der Waals surface area contributed by atoms with E-state index in [1.807, 2.05) is 23.7 Å². The Morgan fingerprint density at radius 1 is 1.09 bits per heavy atom. The smallest absolute Gasteiger partial charge is 0.270 e. The summed E-state index contributed by atoms with van der Waals surface area (Å²) in [5.74, 6) is 0. The van der Waals surface area contributed by atoms with Gasteiger partial charge in [0.1, 0.15) is 5.65 Å². The first-order valence-electron chi connectivity index (χ1n) is 6.75. The van der Waals surface area contributed by atoms with Gasteiger partial charge >= 0.3 is 0 Å². The zero-order chi connectivity index (χ0) is 15.4. The first-order valence-corrected chi connectivity index (χ1v) is 6.75. The number of pyridine rings is 1. The molecule has 0 fully saturated rings. The molecule has 22 heavy (non-hydrogen) atoms. The topological polar surface area (TPSA) is 80.9 Å². The van der Waals surface area contributed by atoms with Crippen LogP contribution in [0.4, 0.5) is 5.69 Å². The fourth-order valence-electron chi connectivity index (χ4n) is 3.04. The third kappa shape index (κ3) is 1.52. The molecule has 0 aliphatic rings. The van der Waals surface area contributed by atoms with Crippen molar-refractivity contribution in [3.63, 3.8) is 0 Å². The van der Waals surface area contributed by atoms with Gasteiger partial charge in [-0.25, -0.2) is 0 Å². The van der Waals surface area contributed by atoms with Crippen LogP contribution in [0.15, 0.2) is 47.3 Å². The summed E-state index contributed by atoms with van der Waals surface area (Å²) in [7, 11) is 1.83. The van der Waals surface area contributed by atoms with E-state index in [9.17, 15) is 14.9 Å². The summed E-state index contributed by atoms with van der Waals surface area (Å²) in [6, 6.07) is 12.0. The molecule has 0 spiro atoms. The predicted molar refractivity (Wildman–Crippen MR) is 85.2 cm³/mol. The molecule has 0 aliphatic carbocycles. The second-order valence-electron chi connectivity index (χ2n) is 5.24. The highest BCUT2D eigenvalue weighted by Gasteiger charge is 2.16. The molecular formula is C16H11N3O3. The predicted octanol–water partition coefficient (Wildman–Crippen LogP) is 3.08. The monoisotopic (exact) mass is 293 g/mol. The number of nitrogens with zero attached hydrogens (tertiary/aromatic N) is 2. The van der Waals surface area contributed by atoms with Gasteiger partial charge in [0.25, 0.3) is 11.2 Å². The van der Waals surface area contributed by atoms with Gasteiger partial charge in [0, 0.05) is 35.3 Å². The van der Waals surface area contributed by atoms with Crippen molar-refractivity contribution in [3.8, 4) is 0 Å². The minimum atomic E-state index is -0.411. The molecule has 1 N–H and O–H groups in total. The maximum atomic E-state index is 12.2. The van der Waals surface area contributed by atoms with E-state index in [2.05, 4.69) is 4.98 Å². The largest absolute Gasteiger partial charge is 0.330 e. The molecule has 0 saturated heterocycles. The SMILES string of the molecule is Cn1c2ccc([N+](=O)[O-])cc2c2c3ccccc3c(=O)[nH]c21. The molecule has 0 bridgehead atoms. The lowest BCUT2D eigenvalue weighted by molar-refractivity contribution is -0.384. The summed E-state index contributed by atoms with van der Waals surface area (Å²) in [6.45, 7) is 0. The Hall–Kier alpha value is -3.15. The van der Waals surface area contributed by atoms with E-state index in [-0.39, 0.29) is 11.2 Å². The van der Waals surface area contributed by atoms with Crippen LogP contribution < -0.4 is 5.56 Å². The van der Waals surface area contributed by atoms with Crippen molar-refractivity contribution in [2.45, 2.75) is 0 Å². The summed E-state index contributed by atoms with van der Waals surface area (Å²) in [5, 5.41) is 14.0. The average molecular weight is 293 g/mol. The Bertz CT molecular complexity index is 1140. The van der Waals surface area contributed by atoms with Crippen molar-refractivity contribution in [2.24, 2.45) is 7.05 Å². The summed E-state index contributed by atoms with van der Waals surface area (Å²) in [5.41, 5.74) is 1.38. The Balaban J connectivity index is 2.34. The maximum Gasteiger partial charge on any atom is 0.270 e. The van der Waals surface area contributed by atoms with E-state index in [4.69, 9.17) is 0 Å². The zero-order valence-electron chi connectivity index (χ0n) is 11.7. The van der Waals surface area contributed by atoms with Gasteiger partial charge in [0.2, 0.25) is 0 Å². The van der Waals surface area contributed by atoms with E-state index < -0.39 is 4.92 Å². The average Bonchev–Trinajstić information content (AvgIpc) is 2.80. The lowest BCUT2D eigenvalue weighted by atomic mass is 10.1. The molecule has 4 rings (SSSR count). The zero-order valence-corrected chi connectivity index (χ0v) is 11.7. The van der Waals surface area contributed by atoms with Crippen molar-refractivity contribution in [3.05, 3.63) is 62.9 Å². The number of hydrogen-bond acceptors (Lipinski definition) is 3. The van der Waals surface area contributed by atoms with Gasteiger partial charge in [-0.05, 0) is 17.5 Å². The van der Waals surface area contributed by atoms with Crippen molar-refractivity contribution in [1.29, 1.82) is 0 Å². The molecule has 4 aromatic rings. The molecule has 0 radical (unpaired) electrons. The second-order valence-corrected chi connectivity index (χ2v) is 5.24. The van der Waals surface area contributed by atoms with Crippen LogP contribution in [0.25, 0.3) is 32.7 Å². The highest BCUT2D eigenvalue weighted by Crippen LogP contribution is 2.33. The van der Waals surface area contributed by atoms with Gasteiger partial charge in [-0.3, -0.25) is 14.9 Å². The summed E-state index contributed by atoms with van der Waals surface area (Å²) in [4.78, 5) is 25.7. The molecule has 2 aromatic carbocycles. The minimum absolute atomic E-state index is 0.0373. The van der Waals surface area contributed by atoms with Crippen LogP contribution >= 0.6 is 0 Å². The van der Waals surface area contributed by atoms with Crippen LogP contribution in [0.1, 0.15) is 0 Å². The van der Waals surface area contributed by atoms with Gasteiger partial charge in [-0.2, -0.15) is 0 Å². The first-order chi connectivity index (χ1) is 10.6. The van der Waals surface area contributed by atoms with Crippen molar-refractivity contribution in [1.82, 2.24) is 9.55 Å². The lowest BCUT2D eigenvalue weighted by Crippen LogP contribution is -2.07. The van der Waals surface area contributed by atoms with Crippen LogP contribution in [-0.4, -0.2) is 14.5 Å². The highest BCUT2D eigenvalue weighted by molar-refractivity contribution is 6.19. The number of hydrogen-bond donors (Lipinski definition) is 1.